The van der Waals surface area contributed by atoms with Crippen molar-refractivity contribution in [2.24, 2.45) is 0 Å². The first-order valence-corrected chi connectivity index (χ1v) is 9.72. The van der Waals surface area contributed by atoms with Crippen molar-refractivity contribution in [3.05, 3.63) is 68.6 Å². The molecule has 26 heavy (non-hydrogen) atoms. The van der Waals surface area contributed by atoms with Crippen LogP contribution in [0.5, 0.6) is 5.75 Å². The summed E-state index contributed by atoms with van der Waals surface area (Å²) in [5.74, 6) is 0.631. The number of nitrogens with zero attached hydrogens (tertiary/aromatic N) is 2. The zero-order chi connectivity index (χ0) is 18.5. The topological polar surface area (TPSA) is 64.1 Å². The van der Waals surface area contributed by atoms with E-state index in [1.165, 1.54) is 22.5 Å². The summed E-state index contributed by atoms with van der Waals surface area (Å²) >= 11 is 4.72. The Bertz CT molecular complexity index is 927. The van der Waals surface area contributed by atoms with Crippen LogP contribution in [-0.2, 0) is 6.42 Å². The molecule has 3 aromatic rings. The summed E-state index contributed by atoms with van der Waals surface area (Å²) in [6.07, 6.45) is 0.634. The summed E-state index contributed by atoms with van der Waals surface area (Å²) < 4.78 is 6.51. The highest BCUT2D eigenvalue weighted by Crippen LogP contribution is 2.21. The molecular weight excluding hydrogens is 414 g/mol. The molecule has 0 spiro atoms. The van der Waals surface area contributed by atoms with Crippen LogP contribution in [0, 0.1) is 13.8 Å². The van der Waals surface area contributed by atoms with Crippen molar-refractivity contribution < 1.29 is 9.53 Å². The Morgan fingerprint density at radius 3 is 2.73 bits per heavy atom. The molecule has 1 heterocycles. The van der Waals surface area contributed by atoms with Crippen LogP contribution in [0.2, 0.25) is 0 Å². The molecule has 3 rings (SSSR count). The van der Waals surface area contributed by atoms with Crippen molar-refractivity contribution in [3.63, 3.8) is 0 Å². The Hall–Kier alpha value is -2.25. The Balaban J connectivity index is 1.54. The van der Waals surface area contributed by atoms with E-state index in [2.05, 4.69) is 45.3 Å². The molecule has 1 N–H and O–H groups in total. The van der Waals surface area contributed by atoms with Crippen molar-refractivity contribution in [1.29, 1.82) is 0 Å². The number of amides is 1. The highest BCUT2D eigenvalue weighted by atomic mass is 79.9. The first kappa shape index (κ1) is 18.5. The smallest absolute Gasteiger partial charge is 0.258 e. The molecule has 0 aliphatic heterocycles. The van der Waals surface area contributed by atoms with Crippen LogP contribution in [0.15, 0.2) is 46.9 Å². The SMILES string of the molecule is Cc1ccc(OCCc2nnc(NC(=O)c3ccccc3Br)s2)cc1C. The van der Waals surface area contributed by atoms with E-state index in [-0.39, 0.29) is 5.91 Å². The van der Waals surface area contributed by atoms with Crippen molar-refractivity contribution in [1.82, 2.24) is 10.2 Å². The van der Waals surface area contributed by atoms with Crippen LogP contribution < -0.4 is 10.1 Å². The van der Waals surface area contributed by atoms with Gasteiger partial charge in [0.2, 0.25) is 5.13 Å². The molecule has 0 aliphatic carbocycles. The quantitative estimate of drug-likeness (QED) is 0.608. The van der Waals surface area contributed by atoms with Crippen LogP contribution in [0.1, 0.15) is 26.5 Å². The number of ether oxygens (including phenoxy) is 1. The molecule has 0 unspecified atom stereocenters. The van der Waals surface area contributed by atoms with Crippen molar-refractivity contribution >= 4 is 38.3 Å². The third-order valence-corrected chi connectivity index (χ3v) is 5.46. The molecule has 0 bridgehead atoms. The van der Waals surface area contributed by atoms with E-state index in [1.807, 2.05) is 36.4 Å². The van der Waals surface area contributed by atoms with Crippen LogP contribution >= 0.6 is 27.3 Å². The minimum absolute atomic E-state index is 0.216. The zero-order valence-electron chi connectivity index (χ0n) is 14.5. The normalized spacial score (nSPS) is 10.6. The van der Waals surface area contributed by atoms with Gasteiger partial charge in [0.15, 0.2) is 0 Å². The Labute approximate surface area is 164 Å². The van der Waals surface area contributed by atoms with Gasteiger partial charge in [0.25, 0.3) is 5.91 Å². The predicted octanol–water partition coefficient (Wildman–Crippen LogP) is 4.79. The fraction of sp³-hybridized carbons (Fsp3) is 0.211. The van der Waals surface area contributed by atoms with Gasteiger partial charge in [-0.3, -0.25) is 10.1 Å². The molecule has 0 radical (unpaired) electrons. The van der Waals surface area contributed by atoms with E-state index >= 15 is 0 Å². The molecule has 5 nitrogen and oxygen atoms in total. The van der Waals surface area contributed by atoms with E-state index in [9.17, 15) is 4.79 Å². The number of hydrogen-bond donors (Lipinski definition) is 1. The largest absolute Gasteiger partial charge is 0.493 e. The molecule has 134 valence electrons. The molecule has 1 amide bonds. The maximum atomic E-state index is 12.3. The molecule has 0 saturated heterocycles. The van der Waals surface area contributed by atoms with Crippen molar-refractivity contribution in [3.8, 4) is 5.75 Å². The van der Waals surface area contributed by atoms with Crippen molar-refractivity contribution in [2.75, 3.05) is 11.9 Å². The summed E-state index contributed by atoms with van der Waals surface area (Å²) in [7, 11) is 0. The predicted molar refractivity (Wildman–Crippen MR) is 107 cm³/mol. The lowest BCUT2D eigenvalue weighted by molar-refractivity contribution is 0.102. The van der Waals surface area contributed by atoms with Gasteiger partial charge in [-0.1, -0.05) is 29.5 Å². The highest BCUT2D eigenvalue weighted by molar-refractivity contribution is 9.10. The number of rotatable bonds is 6. The molecule has 7 heteroatoms. The average molecular weight is 432 g/mol. The van der Waals surface area contributed by atoms with Gasteiger partial charge in [-0.25, -0.2) is 0 Å². The second kappa shape index (κ2) is 8.42. The fourth-order valence-corrected chi connectivity index (χ4v) is 3.46. The van der Waals surface area contributed by atoms with E-state index in [1.54, 1.807) is 6.07 Å². The van der Waals surface area contributed by atoms with Crippen molar-refractivity contribution in [2.45, 2.75) is 20.3 Å². The fourth-order valence-electron chi connectivity index (χ4n) is 2.27. The number of aryl methyl sites for hydroxylation is 2. The minimum Gasteiger partial charge on any atom is -0.493 e. The lowest BCUT2D eigenvalue weighted by atomic mass is 10.1. The van der Waals surface area contributed by atoms with Gasteiger partial charge in [0, 0.05) is 10.9 Å². The Morgan fingerprint density at radius 1 is 1.15 bits per heavy atom. The van der Waals surface area contributed by atoms with E-state index in [0.29, 0.717) is 23.7 Å². The maximum absolute atomic E-state index is 12.3. The molecule has 0 aliphatic rings. The van der Waals surface area contributed by atoms with Gasteiger partial charge < -0.3 is 4.74 Å². The monoisotopic (exact) mass is 431 g/mol. The molecule has 1 aromatic heterocycles. The maximum Gasteiger partial charge on any atom is 0.258 e. The minimum atomic E-state index is -0.216. The van der Waals surface area contributed by atoms with Gasteiger partial charge in [0.05, 0.1) is 12.2 Å². The highest BCUT2D eigenvalue weighted by Gasteiger charge is 2.12. The van der Waals surface area contributed by atoms with Crippen LogP contribution in [0.3, 0.4) is 0 Å². The molecule has 0 saturated carbocycles. The van der Waals surface area contributed by atoms with Gasteiger partial charge in [-0.2, -0.15) is 0 Å². The summed E-state index contributed by atoms with van der Waals surface area (Å²) in [5.41, 5.74) is 3.00. The molecule has 0 fully saturated rings. The third-order valence-electron chi connectivity index (χ3n) is 3.87. The van der Waals surface area contributed by atoms with E-state index in [4.69, 9.17) is 4.74 Å². The van der Waals surface area contributed by atoms with Crippen LogP contribution in [0.25, 0.3) is 0 Å². The number of anilines is 1. The Kier molecular flexibility index (Phi) is 6.00. The molecular formula is C19H18BrN3O2S. The van der Waals surface area contributed by atoms with Crippen LogP contribution in [-0.4, -0.2) is 22.7 Å². The van der Waals surface area contributed by atoms with Gasteiger partial charge in [-0.05, 0) is 65.2 Å². The first-order chi connectivity index (χ1) is 12.5. The second-order valence-electron chi connectivity index (χ2n) is 5.78. The first-order valence-electron chi connectivity index (χ1n) is 8.11. The summed E-state index contributed by atoms with van der Waals surface area (Å²) in [6.45, 7) is 4.65. The summed E-state index contributed by atoms with van der Waals surface area (Å²) in [5, 5.41) is 12.2. The lowest BCUT2D eigenvalue weighted by Gasteiger charge is -2.07. The number of hydrogen-bond acceptors (Lipinski definition) is 5. The number of carbonyl (C=O) groups is 1. The second-order valence-corrected chi connectivity index (χ2v) is 7.70. The lowest BCUT2D eigenvalue weighted by Crippen LogP contribution is -2.12. The summed E-state index contributed by atoms with van der Waals surface area (Å²) in [6, 6.07) is 13.3. The number of aromatic nitrogens is 2. The van der Waals surface area contributed by atoms with E-state index < -0.39 is 0 Å². The van der Waals surface area contributed by atoms with Gasteiger partial charge >= 0.3 is 0 Å². The third kappa shape index (κ3) is 4.68. The zero-order valence-corrected chi connectivity index (χ0v) is 16.9. The number of nitrogens with one attached hydrogen (secondary N) is 1. The van der Waals surface area contributed by atoms with E-state index in [0.717, 1.165) is 15.2 Å². The van der Waals surface area contributed by atoms with Gasteiger partial charge in [-0.15, -0.1) is 10.2 Å². The standard InChI is InChI=1S/C19H18BrN3O2S/c1-12-7-8-14(11-13(12)2)25-10-9-17-22-23-19(26-17)21-18(24)15-5-3-4-6-16(15)20/h3-8,11H,9-10H2,1-2H3,(H,21,23,24). The number of benzene rings is 2. The molecule has 2 aromatic carbocycles. The Morgan fingerprint density at radius 2 is 1.96 bits per heavy atom. The molecule has 0 atom stereocenters. The number of halogens is 1. The van der Waals surface area contributed by atoms with Crippen LogP contribution in [0.4, 0.5) is 5.13 Å². The summed E-state index contributed by atoms with van der Waals surface area (Å²) in [4.78, 5) is 12.3. The van der Waals surface area contributed by atoms with Gasteiger partial charge in [0.1, 0.15) is 10.8 Å². The average Bonchev–Trinajstić information content (AvgIpc) is 3.05. The number of carbonyl (C=O) groups excluding carboxylic acids is 1.